The van der Waals surface area contributed by atoms with E-state index in [9.17, 15) is 4.79 Å². The van der Waals surface area contributed by atoms with Crippen molar-refractivity contribution >= 4 is 12.2 Å². The largest absolute Gasteiger partial charge is 0.469 e. The number of methoxy groups -OCH3 is 1. The van der Waals surface area contributed by atoms with Gasteiger partial charge in [0.1, 0.15) is 11.2 Å². The van der Waals surface area contributed by atoms with Gasteiger partial charge in [0.15, 0.2) is 0 Å². The molecule has 2 heterocycles. The number of carbonyl (C=O) groups excluding carboxylic acids is 1. The Labute approximate surface area is 149 Å². The molecule has 6 atom stereocenters. The number of furan rings is 1. The van der Waals surface area contributed by atoms with Gasteiger partial charge >= 0.3 is 5.97 Å². The van der Waals surface area contributed by atoms with E-state index in [-0.39, 0.29) is 11.4 Å². The predicted molar refractivity (Wildman–Crippen MR) is 94.6 cm³/mol. The van der Waals surface area contributed by atoms with Crippen LogP contribution in [-0.4, -0.2) is 25.8 Å². The first-order chi connectivity index (χ1) is 12.1. The van der Waals surface area contributed by atoms with Crippen molar-refractivity contribution in [3.63, 3.8) is 0 Å². The summed E-state index contributed by atoms with van der Waals surface area (Å²) in [5.41, 5.74) is 1.07. The summed E-state index contributed by atoms with van der Waals surface area (Å²) in [6.07, 6.45) is 10.3. The average molecular weight is 341 g/mol. The molecule has 2 bridgehead atoms. The van der Waals surface area contributed by atoms with Crippen LogP contribution in [0.25, 0.3) is 0 Å². The van der Waals surface area contributed by atoms with Crippen LogP contribution in [0.3, 0.4) is 0 Å². The highest BCUT2D eigenvalue weighted by Gasteiger charge is 2.65. The molecule has 2 fully saturated rings. The monoisotopic (exact) mass is 341 g/mol. The summed E-state index contributed by atoms with van der Waals surface area (Å²) in [6, 6.07) is 2.17. The van der Waals surface area contributed by atoms with Crippen LogP contribution in [0.1, 0.15) is 56.3 Å². The quantitative estimate of drug-likeness (QED) is 0.726. The fraction of sp³-hybridized carbons (Fsp3) is 0.714. The third-order valence-electron chi connectivity index (χ3n) is 8.18. The van der Waals surface area contributed by atoms with Crippen molar-refractivity contribution in [3.05, 3.63) is 23.7 Å². The molecule has 0 radical (unpaired) electrons. The molecule has 0 aromatic carbocycles. The molecule has 0 N–H and O–H groups in total. The highest BCUT2D eigenvalue weighted by atomic mass is 16.5. The summed E-state index contributed by atoms with van der Waals surface area (Å²) in [5, 5.41) is 0. The smallest absolute Gasteiger partial charge is 0.317 e. The Balaban J connectivity index is 1.61. The molecule has 0 amide bonds. The number of fused-ring (bicyclic) bond motifs is 2. The zero-order valence-corrected chi connectivity index (χ0v) is 15.2. The molecule has 4 heteroatoms. The van der Waals surface area contributed by atoms with E-state index in [2.05, 4.69) is 13.0 Å². The molecule has 1 aromatic heterocycles. The van der Waals surface area contributed by atoms with Crippen molar-refractivity contribution in [1.82, 2.24) is 0 Å². The summed E-state index contributed by atoms with van der Waals surface area (Å²) in [6.45, 7) is 3.24. The first kappa shape index (κ1) is 15.7. The summed E-state index contributed by atoms with van der Waals surface area (Å²) in [4.78, 5) is 17.6. The molecule has 25 heavy (non-hydrogen) atoms. The second-order valence-electron chi connectivity index (χ2n) is 8.78. The van der Waals surface area contributed by atoms with E-state index in [0.29, 0.717) is 23.7 Å². The molecule has 5 rings (SSSR count). The molecule has 0 spiro atoms. The Morgan fingerprint density at radius 3 is 3.08 bits per heavy atom. The molecule has 4 nitrogen and oxygen atoms in total. The fourth-order valence-corrected chi connectivity index (χ4v) is 7.18. The maximum atomic E-state index is 12.8. The first-order valence-corrected chi connectivity index (χ1v) is 9.78. The summed E-state index contributed by atoms with van der Waals surface area (Å²) in [5.74, 6) is 3.29. The second kappa shape index (κ2) is 5.21. The minimum absolute atomic E-state index is 0.0639. The Morgan fingerprint density at radius 2 is 2.24 bits per heavy atom. The van der Waals surface area contributed by atoms with Gasteiger partial charge in [-0.15, -0.1) is 0 Å². The van der Waals surface area contributed by atoms with E-state index >= 15 is 0 Å². The van der Waals surface area contributed by atoms with Gasteiger partial charge in [-0.1, -0.05) is 13.3 Å². The minimum Gasteiger partial charge on any atom is -0.469 e. The molecule has 3 aliphatic carbocycles. The van der Waals surface area contributed by atoms with Gasteiger partial charge in [-0.25, -0.2) is 0 Å². The fourth-order valence-electron chi connectivity index (χ4n) is 7.18. The number of carbonyl (C=O) groups is 1. The van der Waals surface area contributed by atoms with Crippen molar-refractivity contribution in [2.45, 2.75) is 51.4 Å². The lowest BCUT2D eigenvalue weighted by Crippen LogP contribution is -2.62. The number of hydrogen-bond acceptors (Lipinski definition) is 4. The Kier molecular flexibility index (Phi) is 3.27. The standard InChI is InChI=1S/C21H27NO3/c1-13-14-4-5-18-20(16(14)10-17-15(13)6-9-25-17)7-3-8-21(18,12-22-11-20)19(23)24-2/h6,9,12-14,16,18H,3-5,7-8,10-11H2,1-2H3/t13-,14+,16-,18-,20+,21-/m0/s1. The Hall–Kier alpha value is -1.58. The molecule has 1 aromatic rings. The van der Waals surface area contributed by atoms with Crippen molar-refractivity contribution in [1.29, 1.82) is 0 Å². The molecular formula is C21H27NO3. The average Bonchev–Trinajstić information content (AvgIpc) is 3.09. The van der Waals surface area contributed by atoms with E-state index in [1.165, 1.54) is 31.3 Å². The van der Waals surface area contributed by atoms with Crippen LogP contribution in [0.15, 0.2) is 21.7 Å². The van der Waals surface area contributed by atoms with E-state index < -0.39 is 5.41 Å². The lowest BCUT2D eigenvalue weighted by Gasteiger charge is -2.63. The molecule has 0 saturated heterocycles. The normalized spacial score (nSPS) is 44.4. The second-order valence-corrected chi connectivity index (χ2v) is 8.78. The maximum Gasteiger partial charge on any atom is 0.317 e. The van der Waals surface area contributed by atoms with Gasteiger partial charge in [0.2, 0.25) is 0 Å². The highest BCUT2D eigenvalue weighted by Crippen LogP contribution is 2.66. The van der Waals surface area contributed by atoms with Crippen molar-refractivity contribution in [2.24, 2.45) is 33.6 Å². The Morgan fingerprint density at radius 1 is 1.36 bits per heavy atom. The number of hydrogen-bond donors (Lipinski definition) is 0. The van der Waals surface area contributed by atoms with Gasteiger partial charge in [-0.3, -0.25) is 9.79 Å². The number of nitrogens with zero attached hydrogens (tertiary/aromatic N) is 1. The van der Waals surface area contributed by atoms with Crippen LogP contribution in [0.4, 0.5) is 0 Å². The minimum atomic E-state index is -0.483. The van der Waals surface area contributed by atoms with Crippen LogP contribution in [0, 0.1) is 28.6 Å². The van der Waals surface area contributed by atoms with E-state index in [4.69, 9.17) is 14.1 Å². The molecule has 4 aliphatic rings. The SMILES string of the molecule is COC(=O)[C@]12C=NC[C@]3(CCC1)[C@H]1Cc4occc4[C@@H](C)[C@H]1CC[C@@H]32. The summed E-state index contributed by atoms with van der Waals surface area (Å²) < 4.78 is 11.1. The Bertz CT molecular complexity index is 737. The van der Waals surface area contributed by atoms with Crippen molar-refractivity contribution in [3.8, 4) is 0 Å². The van der Waals surface area contributed by atoms with Gasteiger partial charge in [0.05, 0.1) is 13.4 Å². The van der Waals surface area contributed by atoms with Crippen LogP contribution in [0.2, 0.25) is 0 Å². The molecular weight excluding hydrogens is 314 g/mol. The summed E-state index contributed by atoms with van der Waals surface area (Å²) >= 11 is 0. The molecule has 134 valence electrons. The number of ether oxygens (including phenoxy) is 1. The summed E-state index contributed by atoms with van der Waals surface area (Å²) in [7, 11) is 1.53. The van der Waals surface area contributed by atoms with Crippen LogP contribution in [-0.2, 0) is 16.0 Å². The van der Waals surface area contributed by atoms with E-state index in [1.54, 1.807) is 0 Å². The predicted octanol–water partition coefficient (Wildman–Crippen LogP) is 4.00. The molecule has 0 unspecified atom stereocenters. The van der Waals surface area contributed by atoms with Crippen LogP contribution in [0.5, 0.6) is 0 Å². The third-order valence-corrected chi connectivity index (χ3v) is 8.18. The van der Waals surface area contributed by atoms with E-state index in [0.717, 1.165) is 32.2 Å². The van der Waals surface area contributed by atoms with Crippen LogP contribution < -0.4 is 0 Å². The van der Waals surface area contributed by atoms with Crippen LogP contribution >= 0.6 is 0 Å². The highest BCUT2D eigenvalue weighted by molar-refractivity contribution is 5.96. The van der Waals surface area contributed by atoms with E-state index in [1.807, 2.05) is 12.5 Å². The molecule has 2 saturated carbocycles. The zero-order chi connectivity index (χ0) is 17.2. The lowest BCUT2D eigenvalue weighted by atomic mass is 9.42. The lowest BCUT2D eigenvalue weighted by molar-refractivity contribution is -0.168. The van der Waals surface area contributed by atoms with Gasteiger partial charge in [-0.05, 0) is 66.4 Å². The van der Waals surface area contributed by atoms with Crippen molar-refractivity contribution in [2.75, 3.05) is 13.7 Å². The van der Waals surface area contributed by atoms with Crippen molar-refractivity contribution < 1.29 is 13.9 Å². The third kappa shape index (κ3) is 1.83. The zero-order valence-electron chi connectivity index (χ0n) is 15.2. The number of esters is 1. The number of aliphatic imine (C=N–C) groups is 1. The van der Waals surface area contributed by atoms with Gasteiger partial charge in [-0.2, -0.15) is 0 Å². The number of rotatable bonds is 1. The maximum absolute atomic E-state index is 12.8. The van der Waals surface area contributed by atoms with Gasteiger partial charge in [0, 0.05) is 19.2 Å². The van der Waals surface area contributed by atoms with Gasteiger partial charge < -0.3 is 9.15 Å². The van der Waals surface area contributed by atoms with Gasteiger partial charge in [0.25, 0.3) is 0 Å². The molecule has 1 aliphatic heterocycles. The topological polar surface area (TPSA) is 51.8 Å². The first-order valence-electron chi connectivity index (χ1n) is 9.78.